The van der Waals surface area contributed by atoms with Gasteiger partial charge in [-0.15, -0.1) is 0 Å². The number of aliphatic hydroxyl groups is 1. The number of hydrogen-bond acceptors (Lipinski definition) is 3. The van der Waals surface area contributed by atoms with Crippen LogP contribution in [0, 0.1) is 13.8 Å². The van der Waals surface area contributed by atoms with Crippen LogP contribution in [0.4, 0.5) is 5.69 Å². The van der Waals surface area contributed by atoms with Gasteiger partial charge in [0.2, 0.25) is 0 Å². The zero-order valence-electron chi connectivity index (χ0n) is 17.7. The highest BCUT2D eigenvalue weighted by Gasteiger charge is 2.44. The molecule has 0 saturated carbocycles. The van der Waals surface area contributed by atoms with Crippen molar-refractivity contribution < 1.29 is 14.7 Å². The lowest BCUT2D eigenvalue weighted by atomic mass is 9.93. The Morgan fingerprint density at radius 1 is 0.903 bits per heavy atom. The van der Waals surface area contributed by atoms with Crippen LogP contribution in [0.3, 0.4) is 0 Å². The molecule has 0 radical (unpaired) electrons. The van der Waals surface area contributed by atoms with E-state index in [2.05, 4.69) is 0 Å². The maximum Gasteiger partial charge on any atom is 0.294 e. The van der Waals surface area contributed by atoms with Crippen molar-refractivity contribution in [2.45, 2.75) is 32.7 Å². The second kappa shape index (κ2) is 8.60. The molecule has 0 saturated heterocycles. The molecule has 0 fully saturated rings. The normalized spacial score (nSPS) is 16.1. The van der Waals surface area contributed by atoms with E-state index in [0.717, 1.165) is 22.3 Å². The zero-order valence-corrected chi connectivity index (χ0v) is 17.7. The number of aliphatic hydroxyl groups excluding tert-OH is 1. The second-order valence-corrected chi connectivity index (χ2v) is 7.93. The fraction of sp³-hybridized carbons (Fsp3) is 0.185. The van der Waals surface area contributed by atoms with E-state index in [-0.39, 0.29) is 17.8 Å². The predicted molar refractivity (Wildman–Crippen MR) is 122 cm³/mol. The van der Waals surface area contributed by atoms with Crippen LogP contribution in [-0.2, 0) is 16.0 Å². The van der Waals surface area contributed by atoms with Crippen molar-refractivity contribution in [1.82, 2.24) is 0 Å². The average molecular weight is 412 g/mol. The summed E-state index contributed by atoms with van der Waals surface area (Å²) in [5.41, 5.74) is 4.83. The van der Waals surface area contributed by atoms with E-state index in [1.807, 2.05) is 92.7 Å². The molecule has 4 rings (SSSR count). The van der Waals surface area contributed by atoms with Gasteiger partial charge in [-0.05, 0) is 54.7 Å². The topological polar surface area (TPSA) is 57.6 Å². The summed E-state index contributed by atoms with van der Waals surface area (Å²) in [6.45, 7) is 3.99. The Bertz CT molecular complexity index is 1150. The Morgan fingerprint density at radius 2 is 1.55 bits per heavy atom. The van der Waals surface area contributed by atoms with Crippen LogP contribution in [-0.4, -0.2) is 16.8 Å². The molecule has 4 nitrogen and oxygen atoms in total. The molecule has 1 unspecified atom stereocenters. The molecule has 1 aliphatic rings. The Hall–Kier alpha value is -3.66. The van der Waals surface area contributed by atoms with Gasteiger partial charge in [0.25, 0.3) is 5.91 Å². The predicted octanol–water partition coefficient (Wildman–Crippen LogP) is 5.41. The van der Waals surface area contributed by atoms with Crippen LogP contribution in [0.2, 0.25) is 0 Å². The third-order valence-corrected chi connectivity index (χ3v) is 5.88. The van der Waals surface area contributed by atoms with Crippen LogP contribution >= 0.6 is 0 Å². The molecule has 1 atom stereocenters. The van der Waals surface area contributed by atoms with Crippen LogP contribution in [0.1, 0.15) is 34.7 Å². The molecule has 3 aromatic rings. The monoisotopic (exact) mass is 411 g/mol. The molecular formula is C27H25NO3. The quantitative estimate of drug-likeness (QED) is 0.590. The van der Waals surface area contributed by atoms with Crippen molar-refractivity contribution in [3.05, 3.63) is 112 Å². The van der Waals surface area contributed by atoms with Crippen molar-refractivity contribution in [2.24, 2.45) is 0 Å². The highest BCUT2D eigenvalue weighted by molar-refractivity contribution is 6.16. The Morgan fingerprint density at radius 3 is 2.19 bits per heavy atom. The summed E-state index contributed by atoms with van der Waals surface area (Å²) in [4.78, 5) is 27.9. The van der Waals surface area contributed by atoms with Gasteiger partial charge in [0, 0.05) is 12.1 Å². The fourth-order valence-electron chi connectivity index (χ4n) is 4.02. The Labute approximate surface area is 182 Å². The first-order chi connectivity index (χ1) is 15.0. The van der Waals surface area contributed by atoms with Gasteiger partial charge in [0.15, 0.2) is 11.5 Å². The number of Topliss-reactive ketones (excluding diaryl/α,β-unsaturated/α-hetero) is 1. The van der Waals surface area contributed by atoms with E-state index in [4.69, 9.17) is 0 Å². The first-order valence-electron chi connectivity index (χ1n) is 10.4. The lowest BCUT2D eigenvalue weighted by Crippen LogP contribution is -2.31. The van der Waals surface area contributed by atoms with Crippen molar-refractivity contribution in [1.29, 1.82) is 0 Å². The number of aryl methyl sites for hydroxylation is 3. The van der Waals surface area contributed by atoms with Crippen molar-refractivity contribution in [3.63, 3.8) is 0 Å². The van der Waals surface area contributed by atoms with Gasteiger partial charge in [0.1, 0.15) is 0 Å². The van der Waals surface area contributed by atoms with E-state index in [0.29, 0.717) is 12.1 Å². The van der Waals surface area contributed by atoms with Gasteiger partial charge < -0.3 is 5.11 Å². The zero-order chi connectivity index (χ0) is 22.0. The number of amides is 1. The van der Waals surface area contributed by atoms with Gasteiger partial charge in [-0.2, -0.15) is 0 Å². The first-order valence-corrected chi connectivity index (χ1v) is 10.4. The minimum atomic E-state index is -0.654. The first kappa shape index (κ1) is 20.6. The molecule has 0 bridgehead atoms. The van der Waals surface area contributed by atoms with E-state index < -0.39 is 17.7 Å². The molecule has 4 heteroatoms. The van der Waals surface area contributed by atoms with Crippen LogP contribution in [0.25, 0.3) is 0 Å². The van der Waals surface area contributed by atoms with Gasteiger partial charge in [-0.3, -0.25) is 14.5 Å². The summed E-state index contributed by atoms with van der Waals surface area (Å²) in [6, 6.07) is 24.2. The molecule has 0 aromatic heterocycles. The maximum atomic E-state index is 13.3. The highest BCUT2D eigenvalue weighted by Crippen LogP contribution is 2.41. The summed E-state index contributed by atoms with van der Waals surface area (Å²) in [5, 5.41) is 10.8. The van der Waals surface area contributed by atoms with E-state index in [9.17, 15) is 14.7 Å². The lowest BCUT2D eigenvalue weighted by Gasteiger charge is -2.27. The number of anilines is 1. The maximum absolute atomic E-state index is 13.3. The summed E-state index contributed by atoms with van der Waals surface area (Å²) in [6.07, 6.45) is 0.774. The third kappa shape index (κ3) is 4.02. The van der Waals surface area contributed by atoms with Crippen molar-refractivity contribution in [3.8, 4) is 0 Å². The van der Waals surface area contributed by atoms with Gasteiger partial charge in [-0.25, -0.2) is 0 Å². The number of carbonyl (C=O) groups is 2. The van der Waals surface area contributed by atoms with Gasteiger partial charge >= 0.3 is 0 Å². The van der Waals surface area contributed by atoms with Crippen molar-refractivity contribution >= 4 is 17.4 Å². The number of nitrogens with zero attached hydrogens (tertiary/aromatic N) is 1. The molecule has 0 aliphatic carbocycles. The molecule has 0 spiro atoms. The number of hydrogen-bond donors (Lipinski definition) is 1. The molecule has 3 aromatic carbocycles. The smallest absolute Gasteiger partial charge is 0.294 e. The van der Waals surface area contributed by atoms with Gasteiger partial charge in [0.05, 0.1) is 11.6 Å². The Kier molecular flexibility index (Phi) is 5.72. The van der Waals surface area contributed by atoms with E-state index in [1.54, 1.807) is 0 Å². The largest absolute Gasteiger partial charge is 0.503 e. The summed E-state index contributed by atoms with van der Waals surface area (Å²) >= 11 is 0. The minimum absolute atomic E-state index is 0.172. The average Bonchev–Trinajstić information content (AvgIpc) is 3.06. The number of rotatable bonds is 6. The Balaban J connectivity index is 1.72. The molecule has 1 heterocycles. The minimum Gasteiger partial charge on any atom is -0.503 e. The third-order valence-electron chi connectivity index (χ3n) is 5.88. The van der Waals surface area contributed by atoms with Crippen LogP contribution in [0.5, 0.6) is 0 Å². The highest BCUT2D eigenvalue weighted by atomic mass is 16.3. The molecule has 31 heavy (non-hydrogen) atoms. The number of carbonyl (C=O) groups excluding carboxylic acids is 2. The summed E-state index contributed by atoms with van der Waals surface area (Å²) in [5.74, 6) is -1.21. The molecule has 1 aliphatic heterocycles. The number of benzene rings is 3. The summed E-state index contributed by atoms with van der Waals surface area (Å²) in [7, 11) is 0. The standard InChI is InChI=1S/C27H25NO3/c1-18-13-15-22(17-19(18)2)28-25(21-11-7-4-8-12-21)24(26(30)27(28)31)23(29)16-14-20-9-5-3-6-10-20/h3-13,15,17,25,30H,14,16H2,1-2H3. The van der Waals surface area contributed by atoms with E-state index >= 15 is 0 Å². The lowest BCUT2D eigenvalue weighted by molar-refractivity contribution is -0.118. The molecule has 1 N–H and O–H groups in total. The summed E-state index contributed by atoms with van der Waals surface area (Å²) < 4.78 is 0. The number of ketones is 1. The van der Waals surface area contributed by atoms with E-state index in [1.165, 1.54) is 4.90 Å². The molecule has 1 amide bonds. The van der Waals surface area contributed by atoms with Crippen LogP contribution in [0.15, 0.2) is 90.2 Å². The van der Waals surface area contributed by atoms with Gasteiger partial charge in [-0.1, -0.05) is 66.7 Å². The molecular weight excluding hydrogens is 386 g/mol. The fourth-order valence-corrected chi connectivity index (χ4v) is 4.02. The van der Waals surface area contributed by atoms with Crippen LogP contribution < -0.4 is 4.90 Å². The SMILES string of the molecule is Cc1ccc(N2C(=O)C(O)=C(C(=O)CCc3ccccc3)C2c2ccccc2)cc1C. The second-order valence-electron chi connectivity index (χ2n) is 7.93. The molecule has 156 valence electrons. The van der Waals surface area contributed by atoms with Crippen molar-refractivity contribution in [2.75, 3.05) is 4.90 Å².